The quantitative estimate of drug-likeness (QED) is 0.360. The van der Waals surface area contributed by atoms with Crippen molar-refractivity contribution in [2.75, 3.05) is 13.1 Å². The molecule has 0 aliphatic heterocycles. The molecule has 5 nitrogen and oxygen atoms in total. The molecular formula is C26H28ClNO4. The van der Waals surface area contributed by atoms with Crippen LogP contribution in [0.3, 0.4) is 0 Å². The summed E-state index contributed by atoms with van der Waals surface area (Å²) in [5, 5.41) is 23.5. The van der Waals surface area contributed by atoms with Gasteiger partial charge in [0.05, 0.1) is 12.2 Å². The van der Waals surface area contributed by atoms with Gasteiger partial charge < -0.3 is 20.3 Å². The lowest BCUT2D eigenvalue weighted by atomic mass is 10.0. The normalized spacial score (nSPS) is 12.0. The van der Waals surface area contributed by atoms with Gasteiger partial charge in [0.25, 0.3) is 0 Å². The smallest absolute Gasteiger partial charge is 0.339 e. The maximum Gasteiger partial charge on any atom is 0.339 e. The van der Waals surface area contributed by atoms with E-state index in [0.717, 1.165) is 29.7 Å². The van der Waals surface area contributed by atoms with Crippen LogP contribution in [-0.4, -0.2) is 35.4 Å². The van der Waals surface area contributed by atoms with Gasteiger partial charge in [0.15, 0.2) is 0 Å². The van der Waals surface area contributed by atoms with Crippen LogP contribution in [0.15, 0.2) is 66.7 Å². The number of halogens is 1. The molecule has 3 N–H and O–H groups in total. The molecule has 0 spiro atoms. The van der Waals surface area contributed by atoms with E-state index in [0.29, 0.717) is 17.3 Å². The summed E-state index contributed by atoms with van der Waals surface area (Å²) in [6.07, 6.45) is 0.102. The minimum atomic E-state index is -1.00. The molecule has 3 aromatic carbocycles. The largest absolute Gasteiger partial charge is 0.490 e. The third-order valence-electron chi connectivity index (χ3n) is 5.02. The lowest BCUT2D eigenvalue weighted by molar-refractivity contribution is 0.0690. The molecule has 3 aromatic rings. The van der Waals surface area contributed by atoms with Crippen LogP contribution < -0.4 is 10.1 Å². The van der Waals surface area contributed by atoms with Crippen LogP contribution in [0.4, 0.5) is 0 Å². The number of ether oxygens (including phenoxy) is 1. The van der Waals surface area contributed by atoms with Gasteiger partial charge in [-0.2, -0.15) is 0 Å². The summed E-state index contributed by atoms with van der Waals surface area (Å²) in [6.45, 7) is 4.92. The summed E-state index contributed by atoms with van der Waals surface area (Å²) in [6, 6.07) is 20.5. The Morgan fingerprint density at radius 1 is 1.03 bits per heavy atom. The Morgan fingerprint density at radius 3 is 2.41 bits per heavy atom. The van der Waals surface area contributed by atoms with Gasteiger partial charge in [-0.3, -0.25) is 0 Å². The van der Waals surface area contributed by atoms with E-state index < -0.39 is 12.1 Å². The first-order valence-corrected chi connectivity index (χ1v) is 11.0. The van der Waals surface area contributed by atoms with Crippen LogP contribution in [0.1, 0.15) is 41.4 Å². The van der Waals surface area contributed by atoms with Crippen LogP contribution in [-0.2, 0) is 6.42 Å². The highest BCUT2D eigenvalue weighted by Gasteiger charge is 2.14. The molecule has 6 heteroatoms. The predicted octanol–water partition coefficient (Wildman–Crippen LogP) is 5.36. The van der Waals surface area contributed by atoms with E-state index in [-0.39, 0.29) is 11.7 Å². The fraction of sp³-hybridized carbons (Fsp3) is 0.269. The van der Waals surface area contributed by atoms with Crippen molar-refractivity contribution in [1.82, 2.24) is 5.32 Å². The number of nitrogens with one attached hydrogen (secondary N) is 1. The Hall–Kier alpha value is -2.86. The number of aromatic carboxylic acids is 1. The lowest BCUT2D eigenvalue weighted by Crippen LogP contribution is -2.23. The maximum atomic E-state index is 11.5. The van der Waals surface area contributed by atoms with Crippen molar-refractivity contribution in [2.24, 2.45) is 0 Å². The molecule has 168 valence electrons. The number of hydrogen-bond acceptors (Lipinski definition) is 4. The fourth-order valence-corrected chi connectivity index (χ4v) is 3.60. The molecule has 0 aliphatic rings. The first kappa shape index (κ1) is 23.8. The van der Waals surface area contributed by atoms with E-state index >= 15 is 0 Å². The maximum absolute atomic E-state index is 11.5. The lowest BCUT2D eigenvalue weighted by Gasteiger charge is -2.14. The Morgan fingerprint density at radius 2 is 1.75 bits per heavy atom. The van der Waals surface area contributed by atoms with Crippen LogP contribution in [0.5, 0.6) is 5.75 Å². The van der Waals surface area contributed by atoms with Crippen molar-refractivity contribution < 1.29 is 19.7 Å². The van der Waals surface area contributed by atoms with Gasteiger partial charge in [-0.25, -0.2) is 4.79 Å². The van der Waals surface area contributed by atoms with E-state index in [1.54, 1.807) is 30.3 Å². The molecule has 0 heterocycles. The third-order valence-corrected chi connectivity index (χ3v) is 5.26. The minimum absolute atomic E-state index is 0.115. The second-order valence-corrected chi connectivity index (χ2v) is 8.34. The number of aliphatic hydroxyl groups is 1. The molecule has 1 atom stereocenters. The van der Waals surface area contributed by atoms with E-state index in [1.807, 2.05) is 38.1 Å². The van der Waals surface area contributed by atoms with Crippen LogP contribution in [0.2, 0.25) is 5.02 Å². The fourth-order valence-electron chi connectivity index (χ4n) is 3.40. The molecule has 0 bridgehead atoms. The van der Waals surface area contributed by atoms with Crippen LogP contribution in [0.25, 0.3) is 11.1 Å². The SMILES string of the molecule is CC(C)Oc1cc(-c2ccc(CCNC[C@H](O)c3cccc(Cl)c3)cc2)ccc1C(=O)O. The van der Waals surface area contributed by atoms with Gasteiger partial charge in [-0.05, 0) is 73.3 Å². The average molecular weight is 454 g/mol. The van der Waals surface area contributed by atoms with Crippen molar-refractivity contribution >= 4 is 17.6 Å². The minimum Gasteiger partial charge on any atom is -0.490 e. The van der Waals surface area contributed by atoms with E-state index in [1.165, 1.54) is 5.56 Å². The Labute approximate surface area is 193 Å². The summed E-state index contributed by atoms with van der Waals surface area (Å²) in [5.74, 6) is -0.632. The van der Waals surface area contributed by atoms with Gasteiger partial charge in [0.2, 0.25) is 0 Å². The van der Waals surface area contributed by atoms with Gasteiger partial charge in [0, 0.05) is 11.6 Å². The third kappa shape index (κ3) is 6.57. The standard InChI is InChI=1S/C26H28ClNO4/c1-17(2)32-25-15-20(10-11-23(25)26(30)31)19-8-6-18(7-9-19)12-13-28-16-24(29)21-4-3-5-22(27)14-21/h3-11,14-15,17,24,28-29H,12-13,16H2,1-2H3,(H,30,31)/t24-/m0/s1. The number of carbonyl (C=O) groups is 1. The number of aliphatic hydroxyl groups excluding tert-OH is 1. The zero-order valence-corrected chi connectivity index (χ0v) is 19.0. The van der Waals surface area contributed by atoms with Crippen molar-refractivity contribution in [3.05, 3.63) is 88.4 Å². The van der Waals surface area contributed by atoms with Crippen molar-refractivity contribution in [3.8, 4) is 16.9 Å². The monoisotopic (exact) mass is 453 g/mol. The Balaban J connectivity index is 1.57. The average Bonchev–Trinajstić information content (AvgIpc) is 2.76. The topological polar surface area (TPSA) is 78.8 Å². The molecule has 32 heavy (non-hydrogen) atoms. The zero-order valence-electron chi connectivity index (χ0n) is 18.2. The van der Waals surface area contributed by atoms with E-state index in [4.69, 9.17) is 16.3 Å². The summed E-state index contributed by atoms with van der Waals surface area (Å²) in [4.78, 5) is 11.5. The van der Waals surface area contributed by atoms with Gasteiger partial charge in [-0.1, -0.05) is 54.1 Å². The molecule has 3 rings (SSSR count). The van der Waals surface area contributed by atoms with Gasteiger partial charge >= 0.3 is 5.97 Å². The first-order chi connectivity index (χ1) is 15.3. The number of carboxylic acid groups (broad SMARTS) is 1. The number of rotatable bonds is 10. The van der Waals surface area contributed by atoms with Crippen molar-refractivity contribution in [3.63, 3.8) is 0 Å². The number of hydrogen-bond donors (Lipinski definition) is 3. The second-order valence-electron chi connectivity index (χ2n) is 7.90. The molecular weight excluding hydrogens is 426 g/mol. The summed E-state index contributed by atoms with van der Waals surface area (Å²) in [7, 11) is 0. The summed E-state index contributed by atoms with van der Waals surface area (Å²) in [5.41, 5.74) is 4.01. The predicted molar refractivity (Wildman–Crippen MR) is 128 cm³/mol. The second kappa shape index (κ2) is 11.1. The highest BCUT2D eigenvalue weighted by atomic mass is 35.5. The molecule has 0 unspecified atom stereocenters. The zero-order chi connectivity index (χ0) is 23.1. The molecule has 0 saturated heterocycles. The highest BCUT2D eigenvalue weighted by Crippen LogP contribution is 2.28. The van der Waals surface area contributed by atoms with Crippen molar-refractivity contribution in [1.29, 1.82) is 0 Å². The molecule has 0 aromatic heterocycles. The Kier molecular flexibility index (Phi) is 8.28. The number of carboxylic acids is 1. The molecule has 0 saturated carbocycles. The van der Waals surface area contributed by atoms with Gasteiger partial charge in [0.1, 0.15) is 11.3 Å². The first-order valence-electron chi connectivity index (χ1n) is 10.6. The summed E-state index contributed by atoms with van der Waals surface area (Å²) >= 11 is 5.97. The van der Waals surface area contributed by atoms with E-state index in [9.17, 15) is 15.0 Å². The molecule has 0 radical (unpaired) electrons. The van der Waals surface area contributed by atoms with Gasteiger partial charge in [-0.15, -0.1) is 0 Å². The highest BCUT2D eigenvalue weighted by molar-refractivity contribution is 6.30. The Bertz CT molecular complexity index is 1050. The van der Waals surface area contributed by atoms with E-state index in [2.05, 4.69) is 17.4 Å². The summed E-state index contributed by atoms with van der Waals surface area (Å²) < 4.78 is 5.70. The molecule has 0 aliphatic carbocycles. The number of benzene rings is 3. The van der Waals surface area contributed by atoms with Crippen LogP contribution in [0, 0.1) is 0 Å². The van der Waals surface area contributed by atoms with Crippen molar-refractivity contribution in [2.45, 2.75) is 32.5 Å². The molecule has 0 fully saturated rings. The molecule has 0 amide bonds. The van der Waals surface area contributed by atoms with Crippen LogP contribution >= 0.6 is 11.6 Å².